The Bertz CT molecular complexity index is 353. The lowest BCUT2D eigenvalue weighted by Gasteiger charge is -2.09. The smallest absolute Gasteiger partial charge is 0.123 e. The van der Waals surface area contributed by atoms with Crippen molar-refractivity contribution >= 4 is 0 Å². The average molecular weight is 265 g/mol. The highest BCUT2D eigenvalue weighted by atomic mass is 16.5. The molecule has 0 aliphatic heterocycles. The van der Waals surface area contributed by atoms with Crippen molar-refractivity contribution in [2.45, 2.75) is 52.2 Å². The largest absolute Gasteiger partial charge is 0.496 e. The minimum atomic E-state index is 0.494. The molecule has 0 fully saturated rings. The molecule has 0 aliphatic carbocycles. The maximum absolute atomic E-state index is 5.70. The number of ether oxygens (including phenoxy) is 2. The van der Waals surface area contributed by atoms with Crippen molar-refractivity contribution in [3.8, 4) is 5.75 Å². The third kappa shape index (κ3) is 6.08. The van der Waals surface area contributed by atoms with Gasteiger partial charge in [0.1, 0.15) is 5.75 Å². The molecule has 0 unspecified atom stereocenters. The van der Waals surface area contributed by atoms with Crippen LogP contribution in [0.25, 0.3) is 0 Å². The second kappa shape index (κ2) is 9.82. The van der Waals surface area contributed by atoms with Crippen LogP contribution in [0.5, 0.6) is 5.75 Å². The Morgan fingerprint density at radius 2 is 1.89 bits per heavy atom. The third-order valence-corrected chi connectivity index (χ3v) is 3.23. The number of unbranched alkanes of at least 4 members (excludes halogenated alkanes) is 4. The highest BCUT2D eigenvalue weighted by Crippen LogP contribution is 2.19. The topological polar surface area (TPSA) is 44.5 Å². The van der Waals surface area contributed by atoms with Crippen molar-refractivity contribution < 1.29 is 9.47 Å². The number of rotatable bonds is 10. The first-order chi connectivity index (χ1) is 9.31. The molecule has 0 radical (unpaired) electrons. The summed E-state index contributed by atoms with van der Waals surface area (Å²) < 4.78 is 10.9. The van der Waals surface area contributed by atoms with E-state index in [2.05, 4.69) is 13.0 Å². The van der Waals surface area contributed by atoms with Gasteiger partial charge in [0.05, 0.1) is 13.7 Å². The first-order valence-electron chi connectivity index (χ1n) is 7.25. The van der Waals surface area contributed by atoms with Gasteiger partial charge in [-0.3, -0.25) is 0 Å². The van der Waals surface area contributed by atoms with Crippen molar-refractivity contribution in [3.63, 3.8) is 0 Å². The monoisotopic (exact) mass is 265 g/mol. The molecule has 0 heterocycles. The van der Waals surface area contributed by atoms with E-state index in [1.807, 2.05) is 12.1 Å². The summed E-state index contributed by atoms with van der Waals surface area (Å²) in [4.78, 5) is 0. The molecule has 0 atom stereocenters. The van der Waals surface area contributed by atoms with Crippen molar-refractivity contribution in [3.05, 3.63) is 29.3 Å². The normalized spacial score (nSPS) is 10.7. The Labute approximate surface area is 117 Å². The molecule has 0 amide bonds. The minimum Gasteiger partial charge on any atom is -0.496 e. The van der Waals surface area contributed by atoms with Crippen LogP contribution >= 0.6 is 0 Å². The van der Waals surface area contributed by atoms with Crippen LogP contribution in [0.4, 0.5) is 0 Å². The van der Waals surface area contributed by atoms with Gasteiger partial charge >= 0.3 is 0 Å². The van der Waals surface area contributed by atoms with Crippen LogP contribution in [-0.2, 0) is 17.9 Å². The molecule has 0 saturated heterocycles. The van der Waals surface area contributed by atoms with E-state index in [0.29, 0.717) is 13.2 Å². The van der Waals surface area contributed by atoms with E-state index < -0.39 is 0 Å². The van der Waals surface area contributed by atoms with E-state index in [1.165, 1.54) is 25.7 Å². The van der Waals surface area contributed by atoms with Gasteiger partial charge in [-0.1, -0.05) is 38.7 Å². The fourth-order valence-corrected chi connectivity index (χ4v) is 2.08. The summed E-state index contributed by atoms with van der Waals surface area (Å²) in [6.07, 6.45) is 6.36. The lowest BCUT2D eigenvalue weighted by atomic mass is 10.1. The Balaban J connectivity index is 2.26. The molecule has 0 saturated carbocycles. The molecule has 2 N–H and O–H groups in total. The number of methoxy groups -OCH3 is 1. The van der Waals surface area contributed by atoms with Gasteiger partial charge in [-0.25, -0.2) is 0 Å². The zero-order valence-electron chi connectivity index (χ0n) is 12.3. The predicted octanol–water partition coefficient (Wildman–Crippen LogP) is 3.64. The first-order valence-corrected chi connectivity index (χ1v) is 7.25. The SMILES string of the molecule is CCCCCCCOCc1ccc(OC)c(CN)c1. The van der Waals surface area contributed by atoms with Crippen LogP contribution in [0.15, 0.2) is 18.2 Å². The quantitative estimate of drug-likeness (QED) is 0.657. The summed E-state index contributed by atoms with van der Waals surface area (Å²) in [5, 5.41) is 0. The van der Waals surface area contributed by atoms with Crippen LogP contribution in [0.3, 0.4) is 0 Å². The van der Waals surface area contributed by atoms with Crippen LogP contribution < -0.4 is 10.5 Å². The van der Waals surface area contributed by atoms with Gasteiger partial charge < -0.3 is 15.2 Å². The third-order valence-electron chi connectivity index (χ3n) is 3.23. The molecular weight excluding hydrogens is 238 g/mol. The highest BCUT2D eigenvalue weighted by Gasteiger charge is 2.02. The molecule has 1 rings (SSSR count). The summed E-state index contributed by atoms with van der Waals surface area (Å²) in [5.74, 6) is 0.853. The predicted molar refractivity (Wildman–Crippen MR) is 79.3 cm³/mol. The Kier molecular flexibility index (Phi) is 8.26. The number of benzene rings is 1. The van der Waals surface area contributed by atoms with Crippen LogP contribution in [0.2, 0.25) is 0 Å². The standard InChI is InChI=1S/C16H27NO2/c1-3-4-5-6-7-10-19-13-14-8-9-16(18-2)15(11-14)12-17/h8-9,11H,3-7,10,12-13,17H2,1-2H3. The molecule has 0 aliphatic rings. The Morgan fingerprint density at radius 3 is 2.58 bits per heavy atom. The lowest BCUT2D eigenvalue weighted by molar-refractivity contribution is 0.116. The van der Waals surface area contributed by atoms with E-state index in [9.17, 15) is 0 Å². The molecule has 0 bridgehead atoms. The summed E-state index contributed by atoms with van der Waals surface area (Å²) in [6, 6.07) is 6.06. The Hall–Kier alpha value is -1.06. The molecule has 3 heteroatoms. The maximum atomic E-state index is 5.70. The minimum absolute atomic E-state index is 0.494. The Morgan fingerprint density at radius 1 is 1.11 bits per heavy atom. The van der Waals surface area contributed by atoms with Crippen LogP contribution in [0, 0.1) is 0 Å². The van der Waals surface area contributed by atoms with E-state index in [0.717, 1.165) is 29.9 Å². The second-order valence-electron chi connectivity index (χ2n) is 4.82. The van der Waals surface area contributed by atoms with Gasteiger partial charge in [-0.15, -0.1) is 0 Å². The van der Waals surface area contributed by atoms with Gasteiger partial charge in [-0.2, -0.15) is 0 Å². The number of nitrogens with two attached hydrogens (primary N) is 1. The zero-order valence-corrected chi connectivity index (χ0v) is 12.3. The highest BCUT2D eigenvalue weighted by molar-refractivity contribution is 5.36. The molecule has 0 spiro atoms. The summed E-state index contributed by atoms with van der Waals surface area (Å²) in [7, 11) is 1.67. The second-order valence-corrected chi connectivity index (χ2v) is 4.82. The van der Waals surface area contributed by atoms with Crippen molar-refractivity contribution in [1.82, 2.24) is 0 Å². The first kappa shape index (κ1) is 16.0. The number of hydrogen-bond acceptors (Lipinski definition) is 3. The molecule has 19 heavy (non-hydrogen) atoms. The molecule has 0 aromatic heterocycles. The van der Waals surface area contributed by atoms with E-state index in [-0.39, 0.29) is 0 Å². The lowest BCUT2D eigenvalue weighted by Crippen LogP contribution is -2.02. The van der Waals surface area contributed by atoms with Gasteiger partial charge in [0.2, 0.25) is 0 Å². The fraction of sp³-hybridized carbons (Fsp3) is 0.625. The summed E-state index contributed by atoms with van der Waals surface area (Å²) >= 11 is 0. The average Bonchev–Trinajstić information content (AvgIpc) is 2.46. The number of hydrogen-bond donors (Lipinski definition) is 1. The molecule has 108 valence electrons. The van der Waals surface area contributed by atoms with Crippen molar-refractivity contribution in [2.75, 3.05) is 13.7 Å². The maximum Gasteiger partial charge on any atom is 0.123 e. The van der Waals surface area contributed by atoms with Crippen molar-refractivity contribution in [1.29, 1.82) is 0 Å². The van der Waals surface area contributed by atoms with E-state index >= 15 is 0 Å². The van der Waals surface area contributed by atoms with E-state index in [1.54, 1.807) is 7.11 Å². The fourth-order valence-electron chi connectivity index (χ4n) is 2.08. The molecular formula is C16H27NO2. The summed E-state index contributed by atoms with van der Waals surface area (Å²) in [5.41, 5.74) is 7.89. The van der Waals surface area contributed by atoms with Crippen molar-refractivity contribution in [2.24, 2.45) is 5.73 Å². The van der Waals surface area contributed by atoms with Gasteiger partial charge in [0.15, 0.2) is 0 Å². The van der Waals surface area contributed by atoms with Crippen LogP contribution in [-0.4, -0.2) is 13.7 Å². The van der Waals surface area contributed by atoms with Gasteiger partial charge in [-0.05, 0) is 24.1 Å². The zero-order chi connectivity index (χ0) is 13.9. The molecule has 1 aromatic rings. The van der Waals surface area contributed by atoms with Gasteiger partial charge in [0, 0.05) is 18.7 Å². The van der Waals surface area contributed by atoms with Crippen LogP contribution in [0.1, 0.15) is 50.2 Å². The molecule has 1 aromatic carbocycles. The van der Waals surface area contributed by atoms with E-state index in [4.69, 9.17) is 15.2 Å². The molecule has 3 nitrogen and oxygen atoms in total. The summed E-state index contributed by atoms with van der Waals surface area (Å²) in [6.45, 7) is 4.22. The van der Waals surface area contributed by atoms with Gasteiger partial charge in [0.25, 0.3) is 0 Å².